The molecule has 2 heteroatoms. The van der Waals surface area contributed by atoms with Crippen LogP contribution in [-0.4, -0.2) is 11.2 Å². The van der Waals surface area contributed by atoms with E-state index in [0.717, 1.165) is 16.9 Å². The van der Waals surface area contributed by atoms with Gasteiger partial charge in [0.1, 0.15) is 18.0 Å². The van der Waals surface area contributed by atoms with Crippen LogP contribution in [0.15, 0.2) is 60.7 Å². The molecule has 0 saturated carbocycles. The molecule has 2 atom stereocenters. The number of hydrogen-bond acceptors (Lipinski definition) is 2. The summed E-state index contributed by atoms with van der Waals surface area (Å²) in [6, 6.07) is 17.4. The normalized spacial score (nSPS) is 21.4. The number of ether oxygens (including phenoxy) is 1. The van der Waals surface area contributed by atoms with Gasteiger partial charge in [-0.1, -0.05) is 48.5 Å². The maximum Gasteiger partial charge on any atom is 0.147 e. The lowest BCUT2D eigenvalue weighted by molar-refractivity contribution is 0.0623. The van der Waals surface area contributed by atoms with E-state index in [9.17, 15) is 5.11 Å². The van der Waals surface area contributed by atoms with Crippen molar-refractivity contribution in [3.05, 3.63) is 71.8 Å². The van der Waals surface area contributed by atoms with Crippen LogP contribution in [0, 0.1) is 0 Å². The van der Waals surface area contributed by atoms with Gasteiger partial charge in [-0.3, -0.25) is 0 Å². The molecule has 1 N–H and O–H groups in total. The Labute approximate surface area is 106 Å². The van der Waals surface area contributed by atoms with Crippen LogP contribution in [0.25, 0.3) is 6.08 Å². The molecule has 2 nitrogen and oxygen atoms in total. The fourth-order valence-corrected chi connectivity index (χ4v) is 2.17. The van der Waals surface area contributed by atoms with Crippen molar-refractivity contribution in [2.45, 2.75) is 12.2 Å². The summed E-state index contributed by atoms with van der Waals surface area (Å²) in [7, 11) is 0. The molecule has 0 fully saturated rings. The highest BCUT2D eigenvalue weighted by atomic mass is 16.5. The van der Waals surface area contributed by atoms with E-state index in [1.165, 1.54) is 0 Å². The molecule has 18 heavy (non-hydrogen) atoms. The van der Waals surface area contributed by atoms with Crippen LogP contribution in [0.4, 0.5) is 0 Å². The standard InChI is InChI=1S/C16H14O2/c17-16-14-9-5-4-6-12(14)10-11-15(16)18-13-7-2-1-3-8-13/h1-11,15-17H/t15-,16-/m1/s1. The fourth-order valence-electron chi connectivity index (χ4n) is 2.17. The number of benzene rings is 2. The summed E-state index contributed by atoms with van der Waals surface area (Å²) in [5, 5.41) is 10.3. The molecular formula is C16H14O2. The molecule has 0 aromatic heterocycles. The van der Waals surface area contributed by atoms with E-state index in [1.807, 2.05) is 66.7 Å². The molecule has 0 amide bonds. The molecule has 1 aliphatic carbocycles. The van der Waals surface area contributed by atoms with E-state index in [4.69, 9.17) is 4.74 Å². The Morgan fingerprint density at radius 2 is 1.61 bits per heavy atom. The average molecular weight is 238 g/mol. The lowest BCUT2D eigenvalue weighted by atomic mass is 9.93. The Morgan fingerprint density at radius 1 is 0.889 bits per heavy atom. The highest BCUT2D eigenvalue weighted by molar-refractivity contribution is 5.58. The third-order valence-electron chi connectivity index (χ3n) is 3.11. The van der Waals surface area contributed by atoms with Crippen LogP contribution in [0.5, 0.6) is 5.75 Å². The van der Waals surface area contributed by atoms with Gasteiger partial charge in [0.05, 0.1) is 0 Å². The van der Waals surface area contributed by atoms with Gasteiger partial charge in [-0.2, -0.15) is 0 Å². The average Bonchev–Trinajstić information content (AvgIpc) is 2.43. The summed E-state index contributed by atoms with van der Waals surface area (Å²) in [6.07, 6.45) is 2.95. The van der Waals surface area contributed by atoms with Crippen molar-refractivity contribution in [2.75, 3.05) is 0 Å². The Bertz CT molecular complexity index is 560. The predicted octanol–water partition coefficient (Wildman–Crippen LogP) is 3.19. The molecule has 0 spiro atoms. The third kappa shape index (κ3) is 2.03. The largest absolute Gasteiger partial charge is 0.483 e. The highest BCUT2D eigenvalue weighted by Crippen LogP contribution is 2.30. The van der Waals surface area contributed by atoms with Crippen LogP contribution in [-0.2, 0) is 0 Å². The molecule has 0 bridgehead atoms. The molecule has 2 aromatic rings. The Balaban J connectivity index is 1.85. The molecular weight excluding hydrogens is 224 g/mol. The van der Waals surface area contributed by atoms with Crippen molar-refractivity contribution >= 4 is 6.08 Å². The van der Waals surface area contributed by atoms with Gasteiger partial charge in [0.15, 0.2) is 0 Å². The topological polar surface area (TPSA) is 29.5 Å². The summed E-state index contributed by atoms with van der Waals surface area (Å²) in [4.78, 5) is 0. The highest BCUT2D eigenvalue weighted by Gasteiger charge is 2.25. The number of aliphatic hydroxyl groups excluding tert-OH is 1. The predicted molar refractivity (Wildman–Crippen MR) is 71.3 cm³/mol. The van der Waals surface area contributed by atoms with Crippen molar-refractivity contribution < 1.29 is 9.84 Å². The Kier molecular flexibility index (Phi) is 2.87. The van der Waals surface area contributed by atoms with Crippen LogP contribution >= 0.6 is 0 Å². The number of rotatable bonds is 2. The first-order valence-corrected chi connectivity index (χ1v) is 6.01. The van der Waals surface area contributed by atoms with E-state index < -0.39 is 6.10 Å². The van der Waals surface area contributed by atoms with E-state index in [0.29, 0.717) is 0 Å². The molecule has 0 unspecified atom stereocenters. The SMILES string of the molecule is O[C@@H]1c2ccccc2C=C[C@H]1Oc1ccccc1. The van der Waals surface area contributed by atoms with Gasteiger partial charge in [-0.25, -0.2) is 0 Å². The maximum absolute atomic E-state index is 10.3. The summed E-state index contributed by atoms with van der Waals surface area (Å²) < 4.78 is 5.79. The van der Waals surface area contributed by atoms with Crippen molar-refractivity contribution in [2.24, 2.45) is 0 Å². The minimum Gasteiger partial charge on any atom is -0.483 e. The molecule has 0 aliphatic heterocycles. The number of hydrogen-bond donors (Lipinski definition) is 1. The van der Waals surface area contributed by atoms with Crippen LogP contribution in [0.1, 0.15) is 17.2 Å². The summed E-state index contributed by atoms with van der Waals surface area (Å²) >= 11 is 0. The number of para-hydroxylation sites is 1. The zero-order chi connectivity index (χ0) is 12.4. The molecule has 0 heterocycles. The number of aliphatic hydroxyl groups is 1. The smallest absolute Gasteiger partial charge is 0.147 e. The van der Waals surface area contributed by atoms with Gasteiger partial charge in [0, 0.05) is 0 Å². The van der Waals surface area contributed by atoms with Gasteiger partial charge in [0.2, 0.25) is 0 Å². The molecule has 0 radical (unpaired) electrons. The minimum atomic E-state index is -0.619. The number of fused-ring (bicyclic) bond motifs is 1. The second-order valence-electron chi connectivity index (χ2n) is 4.33. The second-order valence-corrected chi connectivity index (χ2v) is 4.33. The van der Waals surface area contributed by atoms with Crippen molar-refractivity contribution in [1.29, 1.82) is 0 Å². The van der Waals surface area contributed by atoms with E-state index in [-0.39, 0.29) is 6.10 Å². The van der Waals surface area contributed by atoms with E-state index in [2.05, 4.69) is 0 Å². The quantitative estimate of drug-likeness (QED) is 0.870. The van der Waals surface area contributed by atoms with E-state index >= 15 is 0 Å². The molecule has 1 aliphatic rings. The van der Waals surface area contributed by atoms with Crippen LogP contribution < -0.4 is 4.74 Å². The third-order valence-corrected chi connectivity index (χ3v) is 3.11. The molecule has 90 valence electrons. The monoisotopic (exact) mass is 238 g/mol. The van der Waals surface area contributed by atoms with Gasteiger partial charge < -0.3 is 9.84 Å². The van der Waals surface area contributed by atoms with E-state index in [1.54, 1.807) is 0 Å². The molecule has 3 rings (SSSR count). The van der Waals surface area contributed by atoms with Crippen molar-refractivity contribution in [3.8, 4) is 5.75 Å². The lowest BCUT2D eigenvalue weighted by Crippen LogP contribution is -2.25. The maximum atomic E-state index is 10.3. The zero-order valence-electron chi connectivity index (χ0n) is 9.86. The van der Waals surface area contributed by atoms with Crippen molar-refractivity contribution in [3.63, 3.8) is 0 Å². The first-order chi connectivity index (χ1) is 8.84. The summed E-state index contributed by atoms with van der Waals surface area (Å²) in [5.41, 5.74) is 1.97. The summed E-state index contributed by atoms with van der Waals surface area (Å²) in [6.45, 7) is 0. The Morgan fingerprint density at radius 3 is 2.44 bits per heavy atom. The minimum absolute atomic E-state index is 0.331. The first kappa shape index (κ1) is 11.1. The van der Waals surface area contributed by atoms with Gasteiger partial charge in [-0.05, 0) is 29.3 Å². The van der Waals surface area contributed by atoms with Gasteiger partial charge in [-0.15, -0.1) is 0 Å². The van der Waals surface area contributed by atoms with Crippen LogP contribution in [0.3, 0.4) is 0 Å². The second kappa shape index (κ2) is 4.67. The van der Waals surface area contributed by atoms with Crippen LogP contribution in [0.2, 0.25) is 0 Å². The first-order valence-electron chi connectivity index (χ1n) is 6.01. The Hall–Kier alpha value is -2.06. The molecule has 0 saturated heterocycles. The summed E-state index contributed by atoms with van der Waals surface area (Å²) in [5.74, 6) is 0.769. The molecule has 2 aromatic carbocycles. The zero-order valence-corrected chi connectivity index (χ0v) is 9.86. The van der Waals surface area contributed by atoms with Gasteiger partial charge in [0.25, 0.3) is 0 Å². The van der Waals surface area contributed by atoms with Crippen molar-refractivity contribution in [1.82, 2.24) is 0 Å². The van der Waals surface area contributed by atoms with Gasteiger partial charge >= 0.3 is 0 Å². The fraction of sp³-hybridized carbons (Fsp3) is 0.125. The lowest BCUT2D eigenvalue weighted by Gasteiger charge is -2.26.